The van der Waals surface area contributed by atoms with Crippen molar-refractivity contribution in [2.45, 2.75) is 57.5 Å². The van der Waals surface area contributed by atoms with E-state index in [1.54, 1.807) is 0 Å². The smallest absolute Gasteiger partial charge is 0.369 e. The molecule has 0 aliphatic carbocycles. The summed E-state index contributed by atoms with van der Waals surface area (Å²) in [6, 6.07) is 1.50. The molecule has 3 rings (SSSR count). The summed E-state index contributed by atoms with van der Waals surface area (Å²) < 4.78 is 79.5. The molecular weight excluding hydrogens is 408 g/mol. The summed E-state index contributed by atoms with van der Waals surface area (Å²) in [6.07, 6.45) is -9.81. The van der Waals surface area contributed by atoms with Gasteiger partial charge in [-0.1, -0.05) is 19.1 Å². The Labute approximate surface area is 173 Å². The van der Waals surface area contributed by atoms with Gasteiger partial charge in [-0.05, 0) is 56.5 Å². The van der Waals surface area contributed by atoms with Crippen LogP contribution in [0.3, 0.4) is 0 Å². The summed E-state index contributed by atoms with van der Waals surface area (Å²) in [5, 5.41) is 0. The number of benzene rings is 1. The zero-order valence-corrected chi connectivity index (χ0v) is 17.4. The van der Waals surface area contributed by atoms with Crippen LogP contribution >= 0.6 is 0 Å². The van der Waals surface area contributed by atoms with E-state index in [4.69, 9.17) is 0 Å². The number of alkyl halides is 6. The molecule has 0 aromatic heterocycles. The average molecular weight is 437 g/mol. The molecule has 1 unspecified atom stereocenters. The van der Waals surface area contributed by atoms with Gasteiger partial charge in [0, 0.05) is 37.9 Å². The van der Waals surface area contributed by atoms with E-state index in [2.05, 4.69) is 16.7 Å². The molecule has 2 heterocycles. The van der Waals surface area contributed by atoms with Gasteiger partial charge in [-0.25, -0.2) is 0 Å². The van der Waals surface area contributed by atoms with Crippen molar-refractivity contribution in [3.05, 3.63) is 29.3 Å². The van der Waals surface area contributed by atoms with Crippen molar-refractivity contribution >= 4 is 5.69 Å². The summed E-state index contributed by atoms with van der Waals surface area (Å²) in [6.45, 7) is 8.43. The van der Waals surface area contributed by atoms with Gasteiger partial charge < -0.3 is 9.80 Å². The van der Waals surface area contributed by atoms with Crippen molar-refractivity contribution in [3.63, 3.8) is 0 Å². The summed E-state index contributed by atoms with van der Waals surface area (Å²) in [5.74, 6) is 0. The Morgan fingerprint density at radius 1 is 0.967 bits per heavy atom. The summed E-state index contributed by atoms with van der Waals surface area (Å²) in [4.78, 5) is 5.22. The second kappa shape index (κ2) is 8.94. The van der Waals surface area contributed by atoms with Gasteiger partial charge in [-0.2, -0.15) is 26.3 Å². The molecule has 3 nitrogen and oxygen atoms in total. The molecule has 2 fully saturated rings. The third kappa shape index (κ3) is 5.04. The molecule has 2 saturated heterocycles. The monoisotopic (exact) mass is 437 g/mol. The predicted octanol–water partition coefficient (Wildman–Crippen LogP) is 4.64. The first-order chi connectivity index (χ1) is 14.0. The summed E-state index contributed by atoms with van der Waals surface area (Å²) in [5.41, 5.74) is 2.80. The van der Waals surface area contributed by atoms with Crippen molar-refractivity contribution in [2.75, 3.05) is 44.2 Å². The van der Waals surface area contributed by atoms with Crippen molar-refractivity contribution in [2.24, 2.45) is 0 Å². The fourth-order valence-electron chi connectivity index (χ4n) is 4.77. The first kappa shape index (κ1) is 23.2. The molecule has 30 heavy (non-hydrogen) atoms. The lowest BCUT2D eigenvalue weighted by atomic mass is 9.97. The van der Waals surface area contributed by atoms with E-state index >= 15 is 0 Å². The molecular formula is C21H29F6N3. The third-order valence-corrected chi connectivity index (χ3v) is 6.41. The number of likely N-dealkylation sites (tertiary alicyclic amines) is 1. The molecule has 9 heteroatoms. The molecule has 0 saturated carbocycles. The average Bonchev–Trinajstić information content (AvgIpc) is 3.08. The van der Waals surface area contributed by atoms with Gasteiger partial charge in [-0.15, -0.1) is 0 Å². The van der Waals surface area contributed by atoms with Crippen LogP contribution in [0.1, 0.15) is 30.9 Å². The number of hydrogen-bond donors (Lipinski definition) is 0. The predicted molar refractivity (Wildman–Crippen MR) is 105 cm³/mol. The van der Waals surface area contributed by atoms with Gasteiger partial charge in [0.05, 0.1) is 0 Å². The standard InChI is InChI=1S/C21H29F6N3/c1-3-28-10-12-29(13-11-28)18-8-4-6-16(15(18)2)14-17-7-5-9-30(17)19(20(22,23)24)21(25,26)27/h4,6,8,17,19H,3,5,7,9-14H2,1-2H3. The molecule has 0 radical (unpaired) electrons. The quantitative estimate of drug-likeness (QED) is 0.622. The van der Waals surface area contributed by atoms with Crippen LogP contribution < -0.4 is 4.90 Å². The van der Waals surface area contributed by atoms with Crippen molar-refractivity contribution in [1.29, 1.82) is 0 Å². The SMILES string of the molecule is CCN1CCN(c2cccc(CC3CCCN3C(C(F)(F)F)C(F)(F)F)c2C)CC1. The number of nitrogens with zero attached hydrogens (tertiary/aromatic N) is 3. The van der Waals surface area contributed by atoms with E-state index in [1.165, 1.54) is 0 Å². The van der Waals surface area contributed by atoms with Crippen LogP contribution in [0.4, 0.5) is 32.0 Å². The highest BCUT2D eigenvalue weighted by Crippen LogP contribution is 2.41. The highest BCUT2D eigenvalue weighted by Gasteiger charge is 2.61. The van der Waals surface area contributed by atoms with Gasteiger partial charge in [0.2, 0.25) is 6.04 Å². The minimum atomic E-state index is -5.34. The lowest BCUT2D eigenvalue weighted by Gasteiger charge is -2.37. The zero-order valence-electron chi connectivity index (χ0n) is 17.4. The van der Waals surface area contributed by atoms with E-state index < -0.39 is 24.4 Å². The molecule has 0 spiro atoms. The van der Waals surface area contributed by atoms with Gasteiger partial charge >= 0.3 is 12.4 Å². The van der Waals surface area contributed by atoms with Gasteiger partial charge in [0.15, 0.2) is 0 Å². The van der Waals surface area contributed by atoms with Crippen LogP contribution in [0.25, 0.3) is 0 Å². The Bertz CT molecular complexity index is 696. The lowest BCUT2D eigenvalue weighted by molar-refractivity contribution is -0.289. The molecule has 0 amide bonds. The van der Waals surface area contributed by atoms with Crippen LogP contribution in [0.15, 0.2) is 18.2 Å². The van der Waals surface area contributed by atoms with E-state index in [1.807, 2.05) is 25.1 Å². The van der Waals surface area contributed by atoms with Gasteiger partial charge in [0.25, 0.3) is 0 Å². The van der Waals surface area contributed by atoms with Gasteiger partial charge in [0.1, 0.15) is 0 Å². The molecule has 2 aliphatic rings. The molecule has 1 aromatic carbocycles. The number of hydrogen-bond acceptors (Lipinski definition) is 3. The van der Waals surface area contributed by atoms with Gasteiger partial charge in [-0.3, -0.25) is 4.90 Å². The van der Waals surface area contributed by atoms with Crippen molar-refractivity contribution < 1.29 is 26.3 Å². The number of rotatable bonds is 5. The molecule has 1 aromatic rings. The Morgan fingerprint density at radius 2 is 1.60 bits per heavy atom. The number of halogens is 6. The number of likely N-dealkylation sites (N-methyl/N-ethyl adjacent to an activating group) is 1. The largest absolute Gasteiger partial charge is 0.412 e. The molecule has 1 atom stereocenters. The summed E-state index contributed by atoms with van der Waals surface area (Å²) >= 11 is 0. The van der Waals surface area contributed by atoms with Crippen LogP contribution in [-0.2, 0) is 6.42 Å². The Kier molecular flexibility index (Phi) is 6.91. The Balaban J connectivity index is 1.79. The second-order valence-electron chi connectivity index (χ2n) is 8.21. The topological polar surface area (TPSA) is 9.72 Å². The number of piperazine rings is 1. The van der Waals surface area contributed by atoms with Crippen LogP contribution in [0.5, 0.6) is 0 Å². The van der Waals surface area contributed by atoms with Crippen LogP contribution in [0, 0.1) is 6.92 Å². The molecule has 0 bridgehead atoms. The molecule has 170 valence electrons. The fraction of sp³-hybridized carbons (Fsp3) is 0.714. The summed E-state index contributed by atoms with van der Waals surface area (Å²) in [7, 11) is 0. The van der Waals surface area contributed by atoms with E-state index in [9.17, 15) is 26.3 Å². The highest BCUT2D eigenvalue weighted by molar-refractivity contribution is 5.56. The number of anilines is 1. The Hall–Kier alpha value is -1.48. The normalized spacial score (nSPS) is 22.3. The lowest BCUT2D eigenvalue weighted by Crippen LogP contribution is -2.56. The zero-order chi connectivity index (χ0) is 22.1. The second-order valence-corrected chi connectivity index (χ2v) is 8.21. The maximum Gasteiger partial charge on any atom is 0.412 e. The minimum Gasteiger partial charge on any atom is -0.369 e. The first-order valence-electron chi connectivity index (χ1n) is 10.5. The molecule has 0 N–H and O–H groups in total. The minimum absolute atomic E-state index is 0.188. The van der Waals surface area contributed by atoms with E-state index in [0.717, 1.165) is 49.5 Å². The van der Waals surface area contributed by atoms with Crippen LogP contribution in [0.2, 0.25) is 0 Å². The first-order valence-corrected chi connectivity index (χ1v) is 10.5. The fourth-order valence-corrected chi connectivity index (χ4v) is 4.77. The van der Waals surface area contributed by atoms with E-state index in [0.29, 0.717) is 17.7 Å². The van der Waals surface area contributed by atoms with Crippen molar-refractivity contribution in [1.82, 2.24) is 9.80 Å². The van der Waals surface area contributed by atoms with E-state index in [-0.39, 0.29) is 13.0 Å². The van der Waals surface area contributed by atoms with Crippen LogP contribution in [-0.4, -0.2) is 73.5 Å². The molecule has 2 aliphatic heterocycles. The highest BCUT2D eigenvalue weighted by atomic mass is 19.4. The Morgan fingerprint density at radius 3 is 2.17 bits per heavy atom. The maximum absolute atomic E-state index is 13.3. The van der Waals surface area contributed by atoms with Crippen molar-refractivity contribution in [3.8, 4) is 0 Å². The third-order valence-electron chi connectivity index (χ3n) is 6.41. The maximum atomic E-state index is 13.3.